The van der Waals surface area contributed by atoms with E-state index in [2.05, 4.69) is 22.1 Å². The molecule has 2 aromatic carbocycles. The summed E-state index contributed by atoms with van der Waals surface area (Å²) in [5.74, 6) is -0.384. The van der Waals surface area contributed by atoms with Crippen LogP contribution in [0.3, 0.4) is 0 Å². The Morgan fingerprint density at radius 2 is 1.81 bits per heavy atom. The van der Waals surface area contributed by atoms with E-state index in [1.807, 2.05) is 55.6 Å². The number of halogens is 1. The Hall–Kier alpha value is -3.49. The van der Waals surface area contributed by atoms with Gasteiger partial charge >= 0.3 is 0 Å². The fourth-order valence-electron chi connectivity index (χ4n) is 4.68. The lowest BCUT2D eigenvalue weighted by atomic mass is 10.1. The van der Waals surface area contributed by atoms with Gasteiger partial charge in [-0.1, -0.05) is 25.1 Å². The molecule has 36 heavy (non-hydrogen) atoms. The third-order valence-electron chi connectivity index (χ3n) is 6.82. The smallest absolute Gasteiger partial charge is 0.270 e. The molecular weight excluding hydrogens is 473 g/mol. The number of likely N-dealkylation sites (N-methyl/N-ethyl adjacent to an activating group) is 1. The second-order valence-corrected chi connectivity index (χ2v) is 9.91. The van der Waals surface area contributed by atoms with Crippen LogP contribution in [0.25, 0.3) is 21.8 Å². The van der Waals surface area contributed by atoms with E-state index < -0.39 is 0 Å². The van der Waals surface area contributed by atoms with Gasteiger partial charge in [-0.15, -0.1) is 11.3 Å². The number of nitrogens with zero attached hydrogens (tertiary/aromatic N) is 4. The summed E-state index contributed by atoms with van der Waals surface area (Å²) in [7, 11) is 0. The molecule has 0 atom stereocenters. The third-order valence-corrected chi connectivity index (χ3v) is 7.71. The molecule has 0 aliphatic carbocycles. The fourth-order valence-corrected chi connectivity index (χ4v) is 5.50. The van der Waals surface area contributed by atoms with E-state index in [1.165, 1.54) is 11.3 Å². The third kappa shape index (κ3) is 4.79. The summed E-state index contributed by atoms with van der Waals surface area (Å²) in [5.41, 5.74) is 8.53. The van der Waals surface area contributed by atoms with Gasteiger partial charge < -0.3 is 9.80 Å². The van der Waals surface area contributed by atoms with Crippen LogP contribution in [-0.4, -0.2) is 53.2 Å². The van der Waals surface area contributed by atoms with Gasteiger partial charge in [0.15, 0.2) is 0 Å². The lowest BCUT2D eigenvalue weighted by Gasteiger charge is -2.35. The van der Waals surface area contributed by atoms with E-state index in [-0.39, 0.29) is 11.7 Å². The molecule has 6 nitrogen and oxygen atoms in total. The lowest BCUT2D eigenvalue weighted by molar-refractivity contribution is 0.101. The van der Waals surface area contributed by atoms with Crippen LogP contribution < -0.4 is 10.3 Å². The highest BCUT2D eigenvalue weighted by atomic mass is 32.1. The van der Waals surface area contributed by atoms with Crippen molar-refractivity contribution in [1.29, 1.82) is 0 Å². The standard InChI is InChI=1S/C28H30FN5OS/c1-4-32-12-14-33(15-13-32)26-11-10-22(17-24(26)29)28-30-25(18-36-28)23-16-19(2)34(20(23)3)31-27(35)21-8-6-5-7-9-21/h5-11,16-18H,4,12-15H2,1-3H3,(H,31,35). The van der Waals surface area contributed by atoms with Crippen LogP contribution in [0.15, 0.2) is 60.0 Å². The Bertz CT molecular complexity index is 1370. The van der Waals surface area contributed by atoms with E-state index in [9.17, 15) is 4.79 Å². The number of rotatable bonds is 6. The molecule has 186 valence electrons. The normalized spacial score (nSPS) is 14.3. The van der Waals surface area contributed by atoms with Gasteiger partial charge in [-0.3, -0.25) is 14.9 Å². The quantitative estimate of drug-likeness (QED) is 0.374. The van der Waals surface area contributed by atoms with Gasteiger partial charge in [0.05, 0.1) is 11.4 Å². The van der Waals surface area contributed by atoms with Gasteiger partial charge in [0, 0.05) is 59.6 Å². The summed E-state index contributed by atoms with van der Waals surface area (Å²) in [6, 6.07) is 16.6. The number of benzene rings is 2. The van der Waals surface area contributed by atoms with E-state index in [1.54, 1.807) is 22.9 Å². The number of piperazine rings is 1. The number of carbonyl (C=O) groups excluding carboxylic acids is 1. The Kier molecular flexibility index (Phi) is 6.89. The van der Waals surface area contributed by atoms with Gasteiger partial charge in [0.25, 0.3) is 5.91 Å². The van der Waals surface area contributed by atoms with E-state index in [0.29, 0.717) is 11.3 Å². The Balaban J connectivity index is 1.35. The maximum atomic E-state index is 15.1. The maximum Gasteiger partial charge on any atom is 0.270 e. The molecular formula is C28H30FN5OS. The van der Waals surface area contributed by atoms with Crippen molar-refractivity contribution in [2.75, 3.05) is 43.0 Å². The highest BCUT2D eigenvalue weighted by molar-refractivity contribution is 7.13. The number of hydrogen-bond donors (Lipinski definition) is 1. The van der Waals surface area contributed by atoms with Gasteiger partial charge in [-0.25, -0.2) is 9.37 Å². The Morgan fingerprint density at radius 1 is 1.06 bits per heavy atom. The average Bonchev–Trinajstić information content (AvgIpc) is 3.50. The molecule has 0 radical (unpaired) electrons. The zero-order valence-electron chi connectivity index (χ0n) is 20.8. The van der Waals surface area contributed by atoms with Crippen LogP contribution in [0, 0.1) is 19.7 Å². The number of amides is 1. The molecule has 0 spiro atoms. The van der Waals surface area contributed by atoms with Crippen molar-refractivity contribution in [3.63, 3.8) is 0 Å². The predicted molar refractivity (Wildman–Crippen MR) is 145 cm³/mol. The highest BCUT2D eigenvalue weighted by Gasteiger charge is 2.20. The van der Waals surface area contributed by atoms with Crippen molar-refractivity contribution in [2.45, 2.75) is 20.8 Å². The van der Waals surface area contributed by atoms with Crippen molar-refractivity contribution in [2.24, 2.45) is 0 Å². The maximum absolute atomic E-state index is 15.1. The zero-order chi connectivity index (χ0) is 25.2. The van der Waals surface area contributed by atoms with Crippen molar-refractivity contribution >= 4 is 22.9 Å². The van der Waals surface area contributed by atoms with Crippen LogP contribution in [0.4, 0.5) is 10.1 Å². The van der Waals surface area contributed by atoms with Crippen LogP contribution in [0.2, 0.25) is 0 Å². The number of anilines is 1. The van der Waals surface area contributed by atoms with Gasteiger partial charge in [-0.05, 0) is 56.8 Å². The number of thiazole rings is 1. The van der Waals surface area contributed by atoms with Gasteiger partial charge in [0.1, 0.15) is 10.8 Å². The summed E-state index contributed by atoms with van der Waals surface area (Å²) >= 11 is 1.49. The molecule has 1 fully saturated rings. The summed E-state index contributed by atoms with van der Waals surface area (Å²) in [6.45, 7) is 10.7. The molecule has 1 amide bonds. The van der Waals surface area contributed by atoms with Crippen LogP contribution in [0.5, 0.6) is 0 Å². The molecule has 8 heteroatoms. The predicted octanol–water partition coefficient (Wildman–Crippen LogP) is 5.56. The van der Waals surface area contributed by atoms with Crippen LogP contribution in [0.1, 0.15) is 28.7 Å². The van der Waals surface area contributed by atoms with E-state index in [0.717, 1.165) is 65.9 Å². The van der Waals surface area contributed by atoms with Crippen LogP contribution in [-0.2, 0) is 0 Å². The van der Waals surface area contributed by atoms with Crippen LogP contribution >= 0.6 is 11.3 Å². The van der Waals surface area contributed by atoms with E-state index in [4.69, 9.17) is 4.98 Å². The first-order chi connectivity index (χ1) is 17.4. The molecule has 1 aliphatic heterocycles. The molecule has 4 aromatic rings. The summed E-state index contributed by atoms with van der Waals surface area (Å²) in [6.07, 6.45) is 0. The Labute approximate surface area is 215 Å². The highest BCUT2D eigenvalue weighted by Crippen LogP contribution is 2.34. The van der Waals surface area contributed by atoms with Crippen molar-refractivity contribution < 1.29 is 9.18 Å². The molecule has 1 saturated heterocycles. The minimum absolute atomic E-state index is 0.172. The molecule has 2 aromatic heterocycles. The number of aromatic nitrogens is 2. The molecule has 0 bridgehead atoms. The number of nitrogens with one attached hydrogen (secondary N) is 1. The van der Waals surface area contributed by atoms with Gasteiger partial charge in [-0.2, -0.15) is 0 Å². The minimum atomic E-state index is -0.212. The average molecular weight is 504 g/mol. The SMILES string of the molecule is CCN1CCN(c2ccc(-c3nc(-c4cc(C)n(NC(=O)c5ccccc5)c4C)cs3)cc2F)CC1. The molecule has 3 heterocycles. The molecule has 0 saturated carbocycles. The monoisotopic (exact) mass is 503 g/mol. The van der Waals surface area contributed by atoms with Gasteiger partial charge in [0.2, 0.25) is 0 Å². The zero-order valence-corrected chi connectivity index (χ0v) is 21.6. The number of carbonyl (C=O) groups is 1. The second-order valence-electron chi connectivity index (χ2n) is 9.05. The first-order valence-electron chi connectivity index (χ1n) is 12.2. The summed E-state index contributed by atoms with van der Waals surface area (Å²) in [5, 5.41) is 2.75. The fraction of sp³-hybridized carbons (Fsp3) is 0.286. The van der Waals surface area contributed by atoms with Crippen molar-refractivity contribution in [1.82, 2.24) is 14.6 Å². The first kappa shape index (κ1) is 24.2. The van der Waals surface area contributed by atoms with E-state index >= 15 is 4.39 Å². The topological polar surface area (TPSA) is 53.4 Å². The van der Waals surface area contributed by atoms with Crippen molar-refractivity contribution in [3.05, 3.63) is 82.7 Å². The Morgan fingerprint density at radius 3 is 2.50 bits per heavy atom. The molecule has 0 unspecified atom stereocenters. The second kappa shape index (κ2) is 10.2. The largest absolute Gasteiger partial charge is 0.367 e. The summed E-state index contributed by atoms with van der Waals surface area (Å²) in [4.78, 5) is 22.0. The molecule has 1 N–H and O–H groups in total. The summed E-state index contributed by atoms with van der Waals surface area (Å²) < 4.78 is 16.9. The molecule has 5 rings (SSSR count). The minimum Gasteiger partial charge on any atom is -0.367 e. The molecule has 1 aliphatic rings. The number of aryl methyl sites for hydroxylation is 1. The lowest BCUT2D eigenvalue weighted by Crippen LogP contribution is -2.46. The number of hydrogen-bond acceptors (Lipinski definition) is 5. The first-order valence-corrected chi connectivity index (χ1v) is 13.1. The van der Waals surface area contributed by atoms with Crippen molar-refractivity contribution in [3.8, 4) is 21.8 Å².